The summed E-state index contributed by atoms with van der Waals surface area (Å²) in [5.41, 5.74) is 10.8. The molecule has 0 radical (unpaired) electrons. The molecule has 0 fully saturated rings. The highest BCUT2D eigenvalue weighted by Gasteiger charge is 2.45. The van der Waals surface area contributed by atoms with Gasteiger partial charge in [0.15, 0.2) is 0 Å². The Kier molecular flexibility index (Phi) is 6.69. The van der Waals surface area contributed by atoms with Crippen molar-refractivity contribution in [3.05, 3.63) is 98.6 Å². The normalized spacial score (nSPS) is 11.5. The Labute approximate surface area is 190 Å². The van der Waals surface area contributed by atoms with Gasteiger partial charge in [-0.15, -0.1) is 0 Å². The summed E-state index contributed by atoms with van der Waals surface area (Å²) in [6.07, 6.45) is 0. The Bertz CT molecular complexity index is 1170. The summed E-state index contributed by atoms with van der Waals surface area (Å²) in [6.45, 7) is 11.2. The van der Waals surface area contributed by atoms with Crippen LogP contribution >= 0.6 is 7.14 Å². The van der Waals surface area contributed by atoms with E-state index in [0.29, 0.717) is 38.9 Å². The molecule has 166 valence electrons. The molecule has 0 saturated carbocycles. The Morgan fingerprint density at radius 1 is 0.719 bits per heavy atom. The van der Waals surface area contributed by atoms with Gasteiger partial charge in [0.25, 0.3) is 0 Å². The standard InChI is InChI=1S/C27H30NO3P/c1-16-11-18(3)24(19(4)12-16)26(29)32(31,23-10-8-7-9-22(23)15-28)27(30)25-20(5)13-17(2)14-21(25)6/h7-14H,15,28H2,1-6H3. The van der Waals surface area contributed by atoms with Gasteiger partial charge in [-0.25, -0.2) is 0 Å². The van der Waals surface area contributed by atoms with E-state index < -0.39 is 18.2 Å². The van der Waals surface area contributed by atoms with Crippen LogP contribution in [0.2, 0.25) is 0 Å². The minimum Gasteiger partial charge on any atom is -0.326 e. The minimum absolute atomic E-state index is 0.0818. The van der Waals surface area contributed by atoms with E-state index in [0.717, 1.165) is 11.1 Å². The third-order valence-electron chi connectivity index (χ3n) is 5.90. The van der Waals surface area contributed by atoms with E-state index in [2.05, 4.69) is 0 Å². The lowest BCUT2D eigenvalue weighted by Crippen LogP contribution is -2.26. The van der Waals surface area contributed by atoms with E-state index >= 15 is 0 Å². The first-order valence-electron chi connectivity index (χ1n) is 10.7. The molecule has 3 rings (SSSR count). The number of nitrogens with two attached hydrogens (primary N) is 1. The third kappa shape index (κ3) is 4.01. The number of carbonyl (C=O) groups is 2. The molecule has 0 aliphatic heterocycles. The van der Waals surface area contributed by atoms with Gasteiger partial charge in [-0.2, -0.15) is 0 Å². The first-order valence-corrected chi connectivity index (χ1v) is 12.4. The van der Waals surface area contributed by atoms with Gasteiger partial charge < -0.3 is 10.3 Å². The lowest BCUT2D eigenvalue weighted by atomic mass is 10.0. The molecule has 0 aromatic heterocycles. The fourth-order valence-electron chi connectivity index (χ4n) is 4.65. The molecule has 3 aromatic rings. The maximum atomic E-state index is 14.8. The fraction of sp³-hybridized carbons (Fsp3) is 0.259. The zero-order valence-corrected chi connectivity index (χ0v) is 20.5. The molecule has 0 aliphatic rings. The van der Waals surface area contributed by atoms with Crippen LogP contribution in [-0.2, 0) is 11.1 Å². The summed E-state index contributed by atoms with van der Waals surface area (Å²) in [5, 5.41) is 0.233. The summed E-state index contributed by atoms with van der Waals surface area (Å²) in [4.78, 5) is 28.1. The smallest absolute Gasteiger partial charge is 0.249 e. The monoisotopic (exact) mass is 447 g/mol. The maximum absolute atomic E-state index is 14.8. The zero-order valence-electron chi connectivity index (χ0n) is 19.6. The van der Waals surface area contributed by atoms with E-state index in [4.69, 9.17) is 5.73 Å². The van der Waals surface area contributed by atoms with Crippen LogP contribution in [0.15, 0.2) is 48.5 Å². The van der Waals surface area contributed by atoms with E-state index in [9.17, 15) is 14.2 Å². The average Bonchev–Trinajstić information content (AvgIpc) is 2.71. The highest BCUT2D eigenvalue weighted by molar-refractivity contribution is 8.01. The van der Waals surface area contributed by atoms with E-state index in [-0.39, 0.29) is 11.8 Å². The first kappa shape index (κ1) is 23.8. The second-order valence-corrected chi connectivity index (χ2v) is 11.1. The Morgan fingerprint density at radius 3 is 1.47 bits per heavy atom. The molecule has 0 bridgehead atoms. The SMILES string of the molecule is Cc1cc(C)c(C(=O)P(=O)(C(=O)c2c(C)cc(C)cc2C)c2ccccc2CN)c(C)c1. The molecule has 5 heteroatoms. The topological polar surface area (TPSA) is 77.2 Å². The van der Waals surface area contributed by atoms with Gasteiger partial charge in [-0.05, 0) is 69.4 Å². The van der Waals surface area contributed by atoms with Crippen molar-refractivity contribution in [2.24, 2.45) is 5.73 Å². The van der Waals surface area contributed by atoms with Crippen molar-refractivity contribution in [1.82, 2.24) is 0 Å². The molecule has 0 saturated heterocycles. The van der Waals surface area contributed by atoms with Gasteiger partial charge in [-0.1, -0.05) is 59.7 Å². The Balaban J connectivity index is 2.38. The molecule has 4 nitrogen and oxygen atoms in total. The Morgan fingerprint density at radius 2 is 1.09 bits per heavy atom. The van der Waals surface area contributed by atoms with Crippen molar-refractivity contribution in [2.75, 3.05) is 0 Å². The molecule has 0 heterocycles. The second kappa shape index (κ2) is 8.97. The van der Waals surface area contributed by atoms with Crippen molar-refractivity contribution in [3.8, 4) is 0 Å². The zero-order chi connectivity index (χ0) is 23.8. The van der Waals surface area contributed by atoms with Gasteiger partial charge in [0.1, 0.15) is 0 Å². The van der Waals surface area contributed by atoms with Crippen LogP contribution in [0, 0.1) is 41.5 Å². The summed E-state index contributed by atoms with van der Waals surface area (Å²) in [6, 6.07) is 14.3. The Hall–Kier alpha value is -2.81. The fourth-order valence-corrected chi connectivity index (χ4v) is 7.47. The van der Waals surface area contributed by atoms with E-state index in [1.807, 2.05) is 65.8 Å². The van der Waals surface area contributed by atoms with Crippen LogP contribution < -0.4 is 11.0 Å². The van der Waals surface area contributed by atoms with Crippen molar-refractivity contribution in [2.45, 2.75) is 48.1 Å². The molecule has 0 amide bonds. The van der Waals surface area contributed by atoms with E-state index in [1.165, 1.54) is 0 Å². The molecule has 0 atom stereocenters. The summed E-state index contributed by atoms with van der Waals surface area (Å²) >= 11 is 0. The molecule has 0 spiro atoms. The number of hydrogen-bond acceptors (Lipinski definition) is 4. The molecule has 3 aromatic carbocycles. The summed E-state index contributed by atoms with van der Waals surface area (Å²) in [7, 11) is -4.25. The van der Waals surface area contributed by atoms with E-state index in [1.54, 1.807) is 24.3 Å². The van der Waals surface area contributed by atoms with Crippen LogP contribution in [0.1, 0.15) is 59.7 Å². The predicted octanol–water partition coefficient (Wildman–Crippen LogP) is 5.67. The number of benzene rings is 3. The lowest BCUT2D eigenvalue weighted by Gasteiger charge is -2.23. The average molecular weight is 448 g/mol. The molecule has 32 heavy (non-hydrogen) atoms. The highest BCUT2D eigenvalue weighted by atomic mass is 31.2. The third-order valence-corrected chi connectivity index (χ3v) is 8.61. The van der Waals surface area contributed by atoms with Gasteiger partial charge >= 0.3 is 0 Å². The van der Waals surface area contributed by atoms with Crippen LogP contribution in [-0.4, -0.2) is 11.0 Å². The first-order chi connectivity index (χ1) is 15.0. The van der Waals surface area contributed by atoms with Crippen molar-refractivity contribution in [3.63, 3.8) is 0 Å². The largest absolute Gasteiger partial charge is 0.326 e. The quantitative estimate of drug-likeness (QED) is 0.494. The van der Waals surface area contributed by atoms with Crippen molar-refractivity contribution < 1.29 is 14.2 Å². The maximum Gasteiger partial charge on any atom is 0.249 e. The van der Waals surface area contributed by atoms with Gasteiger partial charge in [0, 0.05) is 23.0 Å². The van der Waals surface area contributed by atoms with Gasteiger partial charge in [0.05, 0.1) is 0 Å². The van der Waals surface area contributed by atoms with Gasteiger partial charge in [0.2, 0.25) is 18.2 Å². The molecular weight excluding hydrogens is 417 g/mol. The van der Waals surface area contributed by atoms with Crippen LogP contribution in [0.5, 0.6) is 0 Å². The summed E-state index contributed by atoms with van der Waals surface area (Å²) in [5.74, 6) is 0. The molecule has 0 unspecified atom stereocenters. The van der Waals surface area contributed by atoms with Crippen LogP contribution in [0.25, 0.3) is 0 Å². The van der Waals surface area contributed by atoms with Crippen molar-refractivity contribution in [1.29, 1.82) is 0 Å². The van der Waals surface area contributed by atoms with Crippen LogP contribution in [0.3, 0.4) is 0 Å². The van der Waals surface area contributed by atoms with Crippen molar-refractivity contribution >= 4 is 23.5 Å². The predicted molar refractivity (Wildman–Crippen MR) is 132 cm³/mol. The lowest BCUT2D eigenvalue weighted by molar-refractivity contribution is 0.104. The van der Waals surface area contributed by atoms with Crippen LogP contribution in [0.4, 0.5) is 0 Å². The summed E-state index contributed by atoms with van der Waals surface area (Å²) < 4.78 is 14.8. The number of carbonyl (C=O) groups excluding carboxylic acids is 2. The second-order valence-electron chi connectivity index (χ2n) is 8.60. The number of rotatable bonds is 6. The molecule has 2 N–H and O–H groups in total. The molecule has 0 aliphatic carbocycles. The molecular formula is C27H30NO3P. The number of aryl methyl sites for hydroxylation is 6. The minimum atomic E-state index is -4.25. The highest BCUT2D eigenvalue weighted by Crippen LogP contribution is 2.53. The van der Waals surface area contributed by atoms with Gasteiger partial charge in [-0.3, -0.25) is 9.59 Å². The number of hydrogen-bond donors (Lipinski definition) is 1.